The monoisotopic (exact) mass is 285 g/mol. The highest BCUT2D eigenvalue weighted by Crippen LogP contribution is 2.17. The van der Waals surface area contributed by atoms with Gasteiger partial charge in [0.1, 0.15) is 11.6 Å². The summed E-state index contributed by atoms with van der Waals surface area (Å²) in [4.78, 5) is 24.4. The molecule has 1 N–H and O–H groups in total. The minimum absolute atomic E-state index is 0.0381. The molecule has 1 fully saturated rings. The summed E-state index contributed by atoms with van der Waals surface area (Å²) >= 11 is 0. The lowest BCUT2D eigenvalue weighted by molar-refractivity contribution is -0.160. The van der Waals surface area contributed by atoms with Gasteiger partial charge >= 0.3 is 5.97 Å². The number of hydrogen-bond acceptors (Lipinski definition) is 4. The van der Waals surface area contributed by atoms with E-state index >= 15 is 0 Å². The van der Waals surface area contributed by atoms with E-state index < -0.39 is 11.6 Å². The molecule has 0 aromatic rings. The molecule has 1 heterocycles. The maximum absolute atomic E-state index is 12.2. The molecule has 116 valence electrons. The van der Waals surface area contributed by atoms with Crippen LogP contribution >= 0.6 is 0 Å². The molecular weight excluding hydrogens is 258 g/mol. The normalized spacial score (nSPS) is 22.1. The molecule has 0 spiro atoms. The Morgan fingerprint density at radius 1 is 1.40 bits per heavy atom. The van der Waals surface area contributed by atoms with Crippen molar-refractivity contribution >= 4 is 11.9 Å². The second-order valence-corrected chi connectivity index (χ2v) is 6.47. The molecule has 1 aliphatic rings. The molecule has 0 bridgehead atoms. The summed E-state index contributed by atoms with van der Waals surface area (Å²) in [5.74, 6) is -0.585. The molecule has 5 nitrogen and oxygen atoms in total. The minimum atomic E-state index is -0.590. The Labute approximate surface area is 121 Å². The van der Waals surface area contributed by atoms with E-state index in [0.717, 1.165) is 6.42 Å². The fraction of sp³-hybridized carbons (Fsp3) is 0.867. The van der Waals surface area contributed by atoms with E-state index in [1.54, 1.807) is 0 Å². The number of carbonyl (C=O) groups is 2. The first kappa shape index (κ1) is 17.0. The number of amides is 1. The number of rotatable bonds is 5. The van der Waals surface area contributed by atoms with Gasteiger partial charge in [-0.25, -0.2) is 4.79 Å². The van der Waals surface area contributed by atoms with E-state index in [4.69, 9.17) is 9.47 Å². The van der Waals surface area contributed by atoms with Gasteiger partial charge < -0.3 is 14.8 Å². The van der Waals surface area contributed by atoms with Crippen molar-refractivity contribution < 1.29 is 19.1 Å². The Balaban J connectivity index is 2.68. The molecule has 20 heavy (non-hydrogen) atoms. The second kappa shape index (κ2) is 7.07. The van der Waals surface area contributed by atoms with Crippen LogP contribution in [0, 0.1) is 11.8 Å². The highest BCUT2D eigenvalue weighted by molar-refractivity contribution is 5.86. The molecule has 0 aromatic carbocycles. The average molecular weight is 285 g/mol. The van der Waals surface area contributed by atoms with E-state index in [0.29, 0.717) is 19.6 Å². The van der Waals surface area contributed by atoms with Crippen LogP contribution in [-0.2, 0) is 19.1 Å². The average Bonchev–Trinajstić information content (AvgIpc) is 2.86. The summed E-state index contributed by atoms with van der Waals surface area (Å²) in [5.41, 5.74) is -0.552. The molecule has 0 radical (unpaired) electrons. The van der Waals surface area contributed by atoms with Crippen LogP contribution in [0.15, 0.2) is 0 Å². The van der Waals surface area contributed by atoms with Gasteiger partial charge in [-0.3, -0.25) is 4.79 Å². The van der Waals surface area contributed by atoms with Crippen LogP contribution in [0.25, 0.3) is 0 Å². The molecule has 1 saturated heterocycles. The second-order valence-electron chi connectivity index (χ2n) is 6.47. The minimum Gasteiger partial charge on any atom is -0.458 e. The number of hydrogen-bond donors (Lipinski definition) is 1. The standard InChI is InChI=1S/C15H27NO4/c1-6-10(2)12(14(18)20-15(3,4)5)16-13(17)11-7-8-19-9-11/h10-12H,6-9H2,1-5H3,(H,16,17)/t10-,11?,12-/m0/s1. The number of nitrogens with one attached hydrogen (secondary N) is 1. The molecular formula is C15H27NO4. The van der Waals surface area contributed by atoms with Crippen LogP contribution in [0.5, 0.6) is 0 Å². The molecule has 1 aliphatic heterocycles. The zero-order chi connectivity index (χ0) is 15.3. The molecule has 0 aliphatic carbocycles. The van der Waals surface area contributed by atoms with Crippen molar-refractivity contribution in [3.8, 4) is 0 Å². The molecule has 3 atom stereocenters. The molecule has 1 rings (SSSR count). The summed E-state index contributed by atoms with van der Waals surface area (Å²) in [6, 6.07) is -0.590. The first-order chi connectivity index (χ1) is 9.24. The number of carbonyl (C=O) groups excluding carboxylic acids is 2. The Morgan fingerprint density at radius 3 is 2.50 bits per heavy atom. The summed E-state index contributed by atoms with van der Waals surface area (Å²) in [6.45, 7) is 10.5. The van der Waals surface area contributed by atoms with Crippen molar-refractivity contribution in [1.29, 1.82) is 0 Å². The van der Waals surface area contributed by atoms with Crippen molar-refractivity contribution in [3.05, 3.63) is 0 Å². The Kier molecular flexibility index (Phi) is 5.99. The summed E-state index contributed by atoms with van der Waals surface area (Å²) in [7, 11) is 0. The van der Waals surface area contributed by atoms with Crippen LogP contribution < -0.4 is 5.32 Å². The largest absolute Gasteiger partial charge is 0.458 e. The fourth-order valence-corrected chi connectivity index (χ4v) is 2.05. The van der Waals surface area contributed by atoms with Crippen LogP contribution in [0.1, 0.15) is 47.5 Å². The topological polar surface area (TPSA) is 64.6 Å². The SMILES string of the molecule is CC[C@H](C)[C@H](NC(=O)C1CCOC1)C(=O)OC(C)(C)C. The highest BCUT2D eigenvalue weighted by Gasteiger charge is 2.33. The van der Waals surface area contributed by atoms with Gasteiger partial charge in [0.25, 0.3) is 0 Å². The Bertz CT molecular complexity index is 342. The zero-order valence-corrected chi connectivity index (χ0v) is 13.2. The number of esters is 1. The lowest BCUT2D eigenvalue weighted by Gasteiger charge is -2.28. The van der Waals surface area contributed by atoms with Gasteiger partial charge in [0, 0.05) is 6.61 Å². The van der Waals surface area contributed by atoms with Gasteiger partial charge in [-0.05, 0) is 33.1 Å². The van der Waals surface area contributed by atoms with Crippen molar-refractivity contribution in [1.82, 2.24) is 5.32 Å². The van der Waals surface area contributed by atoms with Gasteiger partial charge in [-0.2, -0.15) is 0 Å². The first-order valence-electron chi connectivity index (χ1n) is 7.35. The van der Waals surface area contributed by atoms with Gasteiger partial charge in [-0.1, -0.05) is 20.3 Å². The van der Waals surface area contributed by atoms with Crippen molar-refractivity contribution in [2.24, 2.45) is 11.8 Å². The first-order valence-corrected chi connectivity index (χ1v) is 7.35. The van der Waals surface area contributed by atoms with Crippen LogP contribution in [0.3, 0.4) is 0 Å². The molecule has 1 amide bonds. The highest BCUT2D eigenvalue weighted by atomic mass is 16.6. The fourth-order valence-electron chi connectivity index (χ4n) is 2.05. The van der Waals surface area contributed by atoms with Gasteiger partial charge in [0.15, 0.2) is 0 Å². The van der Waals surface area contributed by atoms with Gasteiger partial charge in [0.2, 0.25) is 5.91 Å². The van der Waals surface area contributed by atoms with Crippen molar-refractivity contribution in [2.75, 3.05) is 13.2 Å². The summed E-state index contributed by atoms with van der Waals surface area (Å²) in [5, 5.41) is 2.84. The lowest BCUT2D eigenvalue weighted by Crippen LogP contribution is -2.49. The smallest absolute Gasteiger partial charge is 0.329 e. The third kappa shape index (κ3) is 5.12. The maximum Gasteiger partial charge on any atom is 0.329 e. The molecule has 0 saturated carbocycles. The predicted molar refractivity (Wildman–Crippen MR) is 76.2 cm³/mol. The van der Waals surface area contributed by atoms with E-state index in [-0.39, 0.29) is 23.7 Å². The van der Waals surface area contributed by atoms with Crippen molar-refractivity contribution in [2.45, 2.75) is 59.1 Å². The van der Waals surface area contributed by atoms with E-state index in [1.165, 1.54) is 0 Å². The Morgan fingerprint density at radius 2 is 2.05 bits per heavy atom. The third-order valence-electron chi connectivity index (χ3n) is 3.47. The van der Waals surface area contributed by atoms with E-state index in [9.17, 15) is 9.59 Å². The van der Waals surface area contributed by atoms with Crippen LogP contribution in [0.2, 0.25) is 0 Å². The van der Waals surface area contributed by atoms with Gasteiger partial charge in [0.05, 0.1) is 12.5 Å². The third-order valence-corrected chi connectivity index (χ3v) is 3.47. The van der Waals surface area contributed by atoms with E-state index in [2.05, 4.69) is 5.32 Å². The lowest BCUT2D eigenvalue weighted by atomic mass is 9.97. The Hall–Kier alpha value is -1.10. The van der Waals surface area contributed by atoms with Crippen LogP contribution in [-0.4, -0.2) is 36.7 Å². The van der Waals surface area contributed by atoms with Crippen LogP contribution in [0.4, 0.5) is 0 Å². The van der Waals surface area contributed by atoms with Gasteiger partial charge in [-0.15, -0.1) is 0 Å². The summed E-state index contributed by atoms with van der Waals surface area (Å²) < 4.78 is 10.6. The predicted octanol–water partition coefficient (Wildman–Crippen LogP) is 1.90. The van der Waals surface area contributed by atoms with E-state index in [1.807, 2.05) is 34.6 Å². The quantitative estimate of drug-likeness (QED) is 0.784. The number of ether oxygens (including phenoxy) is 2. The molecule has 5 heteroatoms. The molecule has 0 aromatic heterocycles. The maximum atomic E-state index is 12.2. The zero-order valence-electron chi connectivity index (χ0n) is 13.2. The van der Waals surface area contributed by atoms with Crippen molar-refractivity contribution in [3.63, 3.8) is 0 Å². The molecule has 1 unspecified atom stereocenters. The summed E-state index contributed by atoms with van der Waals surface area (Å²) in [6.07, 6.45) is 1.51.